The quantitative estimate of drug-likeness (QED) is 0.383. The third-order valence-electron chi connectivity index (χ3n) is 5.03. The Morgan fingerprint density at radius 2 is 1.19 bits per heavy atom. The van der Waals surface area contributed by atoms with Crippen molar-refractivity contribution in [3.8, 4) is 0 Å². The molecule has 0 aliphatic heterocycles. The fourth-order valence-electron chi connectivity index (χ4n) is 4.01. The maximum absolute atomic E-state index is 9.53. The van der Waals surface area contributed by atoms with Crippen LogP contribution in [0.25, 0.3) is 0 Å². The predicted molar refractivity (Wildman–Crippen MR) is 122 cm³/mol. The molecule has 0 amide bonds. The van der Waals surface area contributed by atoms with Crippen molar-refractivity contribution in [1.29, 1.82) is 0 Å². The summed E-state index contributed by atoms with van der Waals surface area (Å²) >= 11 is 2.15. The van der Waals surface area contributed by atoms with Crippen LogP contribution in [-0.2, 0) is 19.9 Å². The molecule has 163 valence electrons. The molecule has 27 heavy (non-hydrogen) atoms. The maximum atomic E-state index is 9.53. The summed E-state index contributed by atoms with van der Waals surface area (Å²) in [4.78, 5) is 0. The van der Waals surface area contributed by atoms with Crippen molar-refractivity contribution in [3.05, 3.63) is 0 Å². The fourth-order valence-corrected chi connectivity index (χ4v) is 5.05. The van der Waals surface area contributed by atoms with Gasteiger partial charge in [-0.25, -0.2) is 0 Å². The van der Waals surface area contributed by atoms with Crippen LogP contribution in [0.4, 0.5) is 0 Å². The van der Waals surface area contributed by atoms with E-state index >= 15 is 0 Å². The number of rotatable bonds is 1. The second-order valence-electron chi connectivity index (χ2n) is 10.0. The Labute approximate surface area is 187 Å². The van der Waals surface area contributed by atoms with E-state index in [4.69, 9.17) is 0 Å². The van der Waals surface area contributed by atoms with Gasteiger partial charge in [-0.15, -0.1) is 20.8 Å². The first-order chi connectivity index (χ1) is 12.0. The van der Waals surface area contributed by atoms with Crippen molar-refractivity contribution in [3.63, 3.8) is 0 Å². The van der Waals surface area contributed by atoms with Crippen LogP contribution in [0.5, 0.6) is 0 Å². The monoisotopic (exact) mass is 455 g/mol. The molecule has 1 aliphatic rings. The summed E-state index contributed by atoms with van der Waals surface area (Å²) < 4.78 is 0. The zero-order valence-electron chi connectivity index (χ0n) is 20.4. The van der Waals surface area contributed by atoms with Gasteiger partial charge in [0, 0.05) is 0 Å². The molecule has 0 heterocycles. The van der Waals surface area contributed by atoms with E-state index in [0.717, 1.165) is 20.8 Å². The third kappa shape index (κ3) is 15.9. The molecule has 0 aromatic heterocycles. The predicted octanol–water partition coefficient (Wildman–Crippen LogP) is 5.58. The van der Waals surface area contributed by atoms with Crippen molar-refractivity contribution in [2.45, 2.75) is 113 Å². The van der Waals surface area contributed by atoms with Crippen LogP contribution in [0.3, 0.4) is 0 Å². The summed E-state index contributed by atoms with van der Waals surface area (Å²) in [6.07, 6.45) is 4.97. The van der Waals surface area contributed by atoms with Crippen LogP contribution in [0.2, 0.25) is 0 Å². The average molecular weight is 455 g/mol. The van der Waals surface area contributed by atoms with E-state index in [2.05, 4.69) is 74.8 Å². The van der Waals surface area contributed by atoms with E-state index in [9.17, 15) is 10.2 Å². The topological polar surface area (TPSA) is 46.1 Å². The van der Waals surface area contributed by atoms with Crippen LogP contribution in [0.1, 0.15) is 94.9 Å². The van der Waals surface area contributed by atoms with Gasteiger partial charge in [-0.1, -0.05) is 75.7 Å². The Morgan fingerprint density at radius 1 is 0.889 bits per heavy atom. The molecule has 0 N–H and O–H groups in total. The Bertz CT molecular complexity index is 309. The van der Waals surface area contributed by atoms with Crippen LogP contribution in [0, 0.1) is 16.2 Å². The molecule has 1 saturated carbocycles. The minimum atomic E-state index is -0.417. The van der Waals surface area contributed by atoms with Crippen molar-refractivity contribution >= 4 is 15.2 Å². The average Bonchev–Trinajstić information content (AvgIpc) is 2.44. The van der Waals surface area contributed by atoms with Gasteiger partial charge in [0.25, 0.3) is 0 Å². The zero-order valence-corrected chi connectivity index (χ0v) is 23.9. The van der Waals surface area contributed by atoms with Crippen molar-refractivity contribution in [2.75, 3.05) is 13.3 Å². The molecule has 0 bridgehead atoms. The summed E-state index contributed by atoms with van der Waals surface area (Å²) in [5.74, 6) is 0. The zero-order chi connectivity index (χ0) is 22.5. The first-order valence-electron chi connectivity index (χ1n) is 10.3. The van der Waals surface area contributed by atoms with E-state index in [1.54, 1.807) is 27.7 Å². The van der Waals surface area contributed by atoms with Gasteiger partial charge in [0.05, 0.1) is 0 Å². The Kier molecular flexibility index (Phi) is 19.9. The molecule has 0 spiro atoms. The number of hydrogen-bond donors (Lipinski definition) is 0. The molecule has 1 rings (SSSR count). The summed E-state index contributed by atoms with van der Waals surface area (Å²) in [6, 6.07) is 0. The van der Waals surface area contributed by atoms with E-state index < -0.39 is 12.2 Å². The van der Waals surface area contributed by atoms with E-state index in [0.29, 0.717) is 16.2 Å². The van der Waals surface area contributed by atoms with Gasteiger partial charge >= 0.3 is 33.2 Å². The fraction of sp³-hybridized carbons (Fsp3) is 1.00. The van der Waals surface area contributed by atoms with Crippen molar-refractivity contribution in [1.82, 2.24) is 0 Å². The summed E-state index contributed by atoms with van der Waals surface area (Å²) in [5.41, 5.74) is 2.39. The molecule has 3 unspecified atom stereocenters. The van der Waals surface area contributed by atoms with Gasteiger partial charge in [-0.05, 0) is 47.8 Å². The molecule has 0 radical (unpaired) electrons. The molecule has 1 aliphatic carbocycles. The molecule has 5 heteroatoms. The second-order valence-corrected chi connectivity index (χ2v) is 14.2. The summed E-state index contributed by atoms with van der Waals surface area (Å²) in [5, 5.41) is 19.1. The second kappa shape index (κ2) is 16.2. The third-order valence-corrected chi connectivity index (χ3v) is 6.34. The first kappa shape index (κ1) is 33.1. The van der Waals surface area contributed by atoms with Crippen LogP contribution in [-0.4, -0.2) is 31.2 Å². The van der Waals surface area contributed by atoms with Gasteiger partial charge in [-0.3, -0.25) is 0 Å². The standard InChI is InChI=1S/C15H31P.2C3H7O.CH4P.Ti/c1-13(2,3)15(14(4,5)6)10-8-9-12(11-15)16-7;2*1-3(2)4;1-2;/h12,16H,8-11H2,1-7H3;2*3H,1-2H3;2H,1H3;/q;3*-1;+3. The molecule has 0 aromatic rings. The van der Waals surface area contributed by atoms with E-state index in [-0.39, 0.29) is 0 Å². The molecular formula is C22H49O2P2Ti. The van der Waals surface area contributed by atoms with Crippen LogP contribution >= 0.6 is 15.2 Å². The Hall–Kier alpha value is 1.49. The van der Waals surface area contributed by atoms with Gasteiger partial charge < -0.3 is 10.2 Å². The van der Waals surface area contributed by atoms with Crippen LogP contribution < -0.4 is 10.2 Å². The first-order valence-corrected chi connectivity index (χ1v) is 15.8. The molecule has 3 atom stereocenters. The molecular weight excluding hydrogens is 406 g/mol. The molecule has 2 nitrogen and oxygen atoms in total. The van der Waals surface area contributed by atoms with Crippen molar-refractivity contribution in [2.24, 2.45) is 16.2 Å². The molecule has 0 saturated heterocycles. The number of hydrogen-bond acceptors (Lipinski definition) is 2. The van der Waals surface area contributed by atoms with Crippen LogP contribution in [0.15, 0.2) is 0 Å². The van der Waals surface area contributed by atoms with E-state index in [1.165, 1.54) is 25.7 Å². The van der Waals surface area contributed by atoms with Gasteiger partial charge in [-0.2, -0.15) is 0 Å². The summed E-state index contributed by atoms with van der Waals surface area (Å²) in [6.45, 7) is 26.8. The van der Waals surface area contributed by atoms with Crippen molar-refractivity contribution < 1.29 is 30.1 Å². The molecule has 0 aromatic carbocycles. The van der Waals surface area contributed by atoms with Gasteiger partial charge in [0.15, 0.2) is 0 Å². The normalized spacial score (nSPS) is 20.1. The Morgan fingerprint density at radius 3 is 1.41 bits per heavy atom. The molecule has 1 fully saturated rings. The summed E-state index contributed by atoms with van der Waals surface area (Å²) in [7, 11) is 1.13. The van der Waals surface area contributed by atoms with Gasteiger partial charge in [0.2, 0.25) is 0 Å². The minimum absolute atomic E-state index is 0.417. The van der Waals surface area contributed by atoms with E-state index in [1.807, 2.05) is 0 Å². The SMILES string of the molecule is CC(C)[O-].CC(C)[O-].CPC1CCCC(C(C)(C)C)(C(C)(C)C)C1.C[PH][Ti+2]. The van der Waals surface area contributed by atoms with Gasteiger partial charge in [0.1, 0.15) is 0 Å². The Balaban J connectivity index is -0.000000432.